The van der Waals surface area contributed by atoms with E-state index in [0.29, 0.717) is 17.8 Å². The number of hydrogen-bond donors (Lipinski definition) is 1. The Kier molecular flexibility index (Phi) is 3.11. The zero-order valence-electron chi connectivity index (χ0n) is 9.92. The Balaban J connectivity index is 2.04. The van der Waals surface area contributed by atoms with Gasteiger partial charge in [-0.1, -0.05) is 48.6 Å². The number of fused-ring (bicyclic) bond motifs is 2. The van der Waals surface area contributed by atoms with Gasteiger partial charge in [0.15, 0.2) is 0 Å². The maximum Gasteiger partial charge on any atom is 0.00631 e. The predicted molar refractivity (Wildman–Crippen MR) is 77.1 cm³/mol. The molecule has 3 rings (SSSR count). The van der Waals surface area contributed by atoms with Gasteiger partial charge >= 0.3 is 0 Å². The Hall–Kier alpha value is -0.950. The summed E-state index contributed by atoms with van der Waals surface area (Å²) in [6.07, 6.45) is 20.6. The Bertz CT molecular complexity index is 448. The van der Waals surface area contributed by atoms with Gasteiger partial charge in [-0.05, 0) is 41.6 Å². The molecular weight excluding hydrogens is 224 g/mol. The minimum atomic E-state index is 0.581. The van der Waals surface area contributed by atoms with Crippen molar-refractivity contribution in [2.75, 3.05) is 5.75 Å². The average Bonchev–Trinajstić information content (AvgIpc) is 2.60. The maximum atomic E-state index is 4.60. The second-order valence-electron chi connectivity index (χ2n) is 5.04. The molecule has 3 unspecified atom stereocenters. The summed E-state index contributed by atoms with van der Waals surface area (Å²) in [5.41, 5.74) is 2.97. The Labute approximate surface area is 109 Å². The minimum Gasteiger partial charge on any atom is -0.179 e. The largest absolute Gasteiger partial charge is 0.179 e. The van der Waals surface area contributed by atoms with Crippen molar-refractivity contribution in [1.82, 2.24) is 0 Å². The number of hydrogen-bond acceptors (Lipinski definition) is 1. The van der Waals surface area contributed by atoms with Gasteiger partial charge in [-0.2, -0.15) is 12.6 Å². The van der Waals surface area contributed by atoms with E-state index in [1.807, 2.05) is 0 Å². The molecule has 0 nitrogen and oxygen atoms in total. The van der Waals surface area contributed by atoms with Crippen LogP contribution in [0.1, 0.15) is 12.8 Å². The van der Waals surface area contributed by atoms with E-state index in [9.17, 15) is 0 Å². The van der Waals surface area contributed by atoms with Crippen LogP contribution in [-0.2, 0) is 0 Å². The van der Waals surface area contributed by atoms with Gasteiger partial charge in [0, 0.05) is 5.92 Å². The fourth-order valence-corrected chi connectivity index (χ4v) is 3.73. The summed E-state index contributed by atoms with van der Waals surface area (Å²) in [4.78, 5) is 0. The molecule has 0 radical (unpaired) electrons. The lowest BCUT2D eigenvalue weighted by Gasteiger charge is -2.38. The first kappa shape index (κ1) is 11.2. The van der Waals surface area contributed by atoms with Gasteiger partial charge in [-0.3, -0.25) is 0 Å². The molecule has 0 N–H and O–H groups in total. The molecule has 0 spiro atoms. The van der Waals surface area contributed by atoms with Crippen molar-refractivity contribution in [3.05, 3.63) is 59.8 Å². The molecule has 0 aromatic rings. The highest BCUT2D eigenvalue weighted by molar-refractivity contribution is 7.80. The number of thiol groups is 1. The van der Waals surface area contributed by atoms with Crippen molar-refractivity contribution >= 4 is 12.6 Å². The Morgan fingerprint density at radius 1 is 1.18 bits per heavy atom. The molecule has 0 bridgehead atoms. The van der Waals surface area contributed by atoms with E-state index in [1.165, 1.54) is 24.0 Å². The summed E-state index contributed by atoms with van der Waals surface area (Å²) in [5.74, 6) is 2.90. The van der Waals surface area contributed by atoms with Gasteiger partial charge in [-0.25, -0.2) is 0 Å². The average molecular weight is 242 g/mol. The van der Waals surface area contributed by atoms with Crippen LogP contribution >= 0.6 is 12.6 Å². The normalized spacial score (nSPS) is 34.5. The van der Waals surface area contributed by atoms with Crippen molar-refractivity contribution in [1.29, 1.82) is 0 Å². The summed E-state index contributed by atoms with van der Waals surface area (Å²) in [6, 6.07) is 0. The molecule has 0 fully saturated rings. The van der Waals surface area contributed by atoms with Crippen molar-refractivity contribution in [2.45, 2.75) is 12.8 Å². The maximum absolute atomic E-state index is 4.60. The number of allylic oxidation sites excluding steroid dienone is 10. The lowest BCUT2D eigenvalue weighted by atomic mass is 9.68. The van der Waals surface area contributed by atoms with Crippen LogP contribution in [0.5, 0.6) is 0 Å². The molecule has 3 aliphatic rings. The molecular formula is C16H18S. The summed E-state index contributed by atoms with van der Waals surface area (Å²) in [5, 5.41) is 0. The topological polar surface area (TPSA) is 0 Å². The van der Waals surface area contributed by atoms with Crippen molar-refractivity contribution in [3.63, 3.8) is 0 Å². The molecule has 0 saturated heterocycles. The highest BCUT2D eigenvalue weighted by Crippen LogP contribution is 2.43. The third-order valence-electron chi connectivity index (χ3n) is 4.12. The second kappa shape index (κ2) is 4.73. The van der Waals surface area contributed by atoms with Crippen LogP contribution in [0.25, 0.3) is 0 Å². The van der Waals surface area contributed by atoms with E-state index >= 15 is 0 Å². The second-order valence-corrected chi connectivity index (χ2v) is 5.40. The predicted octanol–water partition coefficient (Wildman–Crippen LogP) is 4.11. The van der Waals surface area contributed by atoms with Crippen LogP contribution in [0.3, 0.4) is 0 Å². The standard InChI is InChI=1S/C16H18S/c17-11-16-14-8-3-1-2-6-12(14)10-13-7-4-5-9-15(13)16/h1-2,4-7,9-10,14-17H,3,8,11H2. The van der Waals surface area contributed by atoms with Gasteiger partial charge in [0.2, 0.25) is 0 Å². The molecule has 3 atom stereocenters. The smallest absolute Gasteiger partial charge is 0.00631 e. The first-order valence-electron chi connectivity index (χ1n) is 6.44. The molecule has 3 aliphatic carbocycles. The summed E-state index contributed by atoms with van der Waals surface area (Å²) in [6.45, 7) is 0. The van der Waals surface area contributed by atoms with E-state index < -0.39 is 0 Å². The third kappa shape index (κ3) is 1.97. The molecule has 0 aromatic heterocycles. The monoisotopic (exact) mass is 242 g/mol. The molecule has 1 heteroatoms. The number of rotatable bonds is 1. The third-order valence-corrected chi connectivity index (χ3v) is 4.54. The van der Waals surface area contributed by atoms with E-state index in [2.05, 4.69) is 61.2 Å². The SMILES string of the molecule is SCC1C2C=CC=CC2=CC2=CC=CCCC21. The highest BCUT2D eigenvalue weighted by Gasteiger charge is 2.34. The molecule has 0 amide bonds. The zero-order chi connectivity index (χ0) is 11.7. The van der Waals surface area contributed by atoms with Crippen LogP contribution in [-0.4, -0.2) is 5.75 Å². The van der Waals surface area contributed by atoms with Gasteiger partial charge in [-0.15, -0.1) is 0 Å². The molecule has 17 heavy (non-hydrogen) atoms. The lowest BCUT2D eigenvalue weighted by Crippen LogP contribution is -2.30. The van der Waals surface area contributed by atoms with E-state index in [0.717, 1.165) is 5.75 Å². The first-order chi connectivity index (χ1) is 8.40. The Morgan fingerprint density at radius 3 is 3.00 bits per heavy atom. The van der Waals surface area contributed by atoms with Crippen LogP contribution in [0.4, 0.5) is 0 Å². The molecule has 0 saturated carbocycles. The van der Waals surface area contributed by atoms with Gasteiger partial charge in [0.1, 0.15) is 0 Å². The lowest BCUT2D eigenvalue weighted by molar-refractivity contribution is 0.335. The van der Waals surface area contributed by atoms with Gasteiger partial charge in [0.05, 0.1) is 0 Å². The fraction of sp³-hybridized carbons (Fsp3) is 0.375. The molecule has 0 heterocycles. The highest BCUT2D eigenvalue weighted by atomic mass is 32.1. The van der Waals surface area contributed by atoms with Crippen LogP contribution in [0, 0.1) is 17.8 Å². The zero-order valence-corrected chi connectivity index (χ0v) is 10.8. The van der Waals surface area contributed by atoms with Crippen molar-refractivity contribution in [3.8, 4) is 0 Å². The summed E-state index contributed by atoms with van der Waals surface area (Å²) < 4.78 is 0. The van der Waals surface area contributed by atoms with Crippen molar-refractivity contribution in [2.24, 2.45) is 17.8 Å². The van der Waals surface area contributed by atoms with Crippen LogP contribution < -0.4 is 0 Å². The summed E-state index contributed by atoms with van der Waals surface area (Å²) in [7, 11) is 0. The van der Waals surface area contributed by atoms with E-state index in [-0.39, 0.29) is 0 Å². The quantitative estimate of drug-likeness (QED) is 0.657. The molecule has 0 aliphatic heterocycles. The van der Waals surface area contributed by atoms with Gasteiger partial charge in [0.25, 0.3) is 0 Å². The first-order valence-corrected chi connectivity index (χ1v) is 7.07. The van der Waals surface area contributed by atoms with Crippen molar-refractivity contribution < 1.29 is 0 Å². The minimum absolute atomic E-state index is 0.581. The summed E-state index contributed by atoms with van der Waals surface area (Å²) >= 11 is 4.60. The van der Waals surface area contributed by atoms with E-state index in [4.69, 9.17) is 0 Å². The van der Waals surface area contributed by atoms with Crippen LogP contribution in [0.15, 0.2) is 59.8 Å². The Morgan fingerprint density at radius 2 is 2.12 bits per heavy atom. The molecule has 88 valence electrons. The van der Waals surface area contributed by atoms with Gasteiger partial charge < -0.3 is 0 Å². The fourth-order valence-electron chi connectivity index (χ4n) is 3.25. The van der Waals surface area contributed by atoms with E-state index in [1.54, 1.807) is 0 Å². The molecule has 0 aromatic carbocycles. The van der Waals surface area contributed by atoms with Crippen LogP contribution in [0.2, 0.25) is 0 Å².